The van der Waals surface area contributed by atoms with Gasteiger partial charge >= 0.3 is 12.1 Å². The van der Waals surface area contributed by atoms with Crippen molar-refractivity contribution in [3.63, 3.8) is 0 Å². The van der Waals surface area contributed by atoms with Crippen LogP contribution in [0, 0.1) is 5.82 Å². The van der Waals surface area contributed by atoms with Gasteiger partial charge in [-0.15, -0.1) is 11.3 Å². The number of benzene rings is 2. The molecule has 7 nitrogen and oxygen atoms in total. The molecule has 0 bridgehead atoms. The number of amides is 2. The van der Waals surface area contributed by atoms with Crippen LogP contribution in [0.25, 0.3) is 17.2 Å². The summed E-state index contributed by atoms with van der Waals surface area (Å²) >= 11 is 7.44. The van der Waals surface area contributed by atoms with E-state index in [1.807, 2.05) is 0 Å². The fourth-order valence-corrected chi connectivity index (χ4v) is 5.77. The lowest BCUT2D eigenvalue weighted by atomic mass is 10.0. The Balaban J connectivity index is 1.40. The molecule has 0 saturated carbocycles. The van der Waals surface area contributed by atoms with E-state index in [-0.39, 0.29) is 39.0 Å². The third kappa shape index (κ3) is 6.46. The van der Waals surface area contributed by atoms with Crippen molar-refractivity contribution in [1.82, 2.24) is 4.90 Å². The number of rotatable bonds is 7. The molecule has 0 unspecified atom stereocenters. The summed E-state index contributed by atoms with van der Waals surface area (Å²) in [5, 5.41) is 22.8. The van der Waals surface area contributed by atoms with Crippen LogP contribution in [0.15, 0.2) is 52.7 Å². The van der Waals surface area contributed by atoms with Crippen molar-refractivity contribution in [2.45, 2.75) is 12.6 Å². The van der Waals surface area contributed by atoms with Gasteiger partial charge in [0.15, 0.2) is 0 Å². The quantitative estimate of drug-likeness (QED) is 0.169. The first-order chi connectivity index (χ1) is 18.3. The summed E-state index contributed by atoms with van der Waals surface area (Å²) in [5.74, 6) is -4.15. The van der Waals surface area contributed by atoms with Crippen LogP contribution < -0.4 is 5.32 Å². The number of phenols is 1. The second kappa shape index (κ2) is 11.2. The predicted octanol–water partition coefficient (Wildman–Crippen LogP) is 6.21. The first-order valence-corrected chi connectivity index (χ1v) is 13.0. The average molecular weight is 597 g/mol. The molecule has 1 aliphatic rings. The highest BCUT2D eigenvalue weighted by Gasteiger charge is 2.35. The molecule has 2 heterocycles. The van der Waals surface area contributed by atoms with Crippen molar-refractivity contribution in [3.05, 3.63) is 74.6 Å². The van der Waals surface area contributed by atoms with Crippen molar-refractivity contribution in [2.75, 3.05) is 11.9 Å². The largest absolute Gasteiger partial charge is 0.507 e. The Kier molecular flexibility index (Phi) is 8.09. The Hall–Kier alpha value is -3.75. The zero-order chi connectivity index (χ0) is 28.5. The van der Waals surface area contributed by atoms with Gasteiger partial charge in [0, 0.05) is 29.6 Å². The molecule has 2 amide bonds. The number of hydrogen-bond acceptors (Lipinski definition) is 7. The van der Waals surface area contributed by atoms with Crippen molar-refractivity contribution in [2.24, 2.45) is 0 Å². The zero-order valence-electron chi connectivity index (χ0n) is 19.4. The summed E-state index contributed by atoms with van der Waals surface area (Å²) in [6, 6.07) is 7.84. The number of carboxylic acid groups (broad SMARTS) is 1. The molecule has 3 aromatic rings. The Labute approximate surface area is 231 Å². The molecule has 0 radical (unpaired) electrons. The molecule has 1 fully saturated rings. The smallest absolute Gasteiger partial charge is 0.419 e. The molecule has 14 heteroatoms. The van der Waals surface area contributed by atoms with Gasteiger partial charge in [-0.25, -0.2) is 9.18 Å². The second-order valence-corrected chi connectivity index (χ2v) is 10.7. The van der Waals surface area contributed by atoms with E-state index in [4.69, 9.17) is 17.3 Å². The number of anilines is 1. The summed E-state index contributed by atoms with van der Waals surface area (Å²) in [7, 11) is 0. The molecular formula is C25H16F4N2O5S3. The van der Waals surface area contributed by atoms with Crippen LogP contribution >= 0.6 is 35.3 Å². The number of carbonyl (C=O) groups is 3. The lowest BCUT2D eigenvalue weighted by Gasteiger charge is -2.14. The van der Waals surface area contributed by atoms with Crippen LogP contribution in [-0.4, -0.2) is 43.8 Å². The molecule has 0 atom stereocenters. The van der Waals surface area contributed by atoms with Crippen LogP contribution in [0.1, 0.15) is 27.2 Å². The van der Waals surface area contributed by atoms with E-state index in [1.54, 1.807) is 11.4 Å². The monoisotopic (exact) mass is 596 g/mol. The molecule has 1 saturated heterocycles. The van der Waals surface area contributed by atoms with E-state index >= 15 is 0 Å². The Morgan fingerprint density at radius 1 is 1.10 bits per heavy atom. The highest BCUT2D eigenvalue weighted by Crippen LogP contribution is 2.37. The maximum atomic E-state index is 13.6. The van der Waals surface area contributed by atoms with Gasteiger partial charge in [-0.3, -0.25) is 14.5 Å². The van der Waals surface area contributed by atoms with E-state index in [1.165, 1.54) is 34.4 Å². The fraction of sp³-hybridized carbons (Fsp3) is 0.120. The number of alkyl halides is 3. The number of halogens is 4. The minimum atomic E-state index is -4.84. The third-order valence-corrected chi connectivity index (χ3v) is 7.70. The molecule has 202 valence electrons. The topological polar surface area (TPSA) is 107 Å². The molecule has 4 rings (SSSR count). The molecule has 2 aromatic carbocycles. The van der Waals surface area contributed by atoms with Gasteiger partial charge < -0.3 is 15.5 Å². The molecule has 3 N–H and O–H groups in total. The van der Waals surface area contributed by atoms with Crippen LogP contribution in [-0.2, 0) is 15.8 Å². The van der Waals surface area contributed by atoms with Crippen LogP contribution in [0.4, 0.5) is 23.2 Å². The van der Waals surface area contributed by atoms with E-state index in [9.17, 15) is 37.1 Å². The minimum Gasteiger partial charge on any atom is -0.507 e. The summed E-state index contributed by atoms with van der Waals surface area (Å²) < 4.78 is 53.0. The number of nitrogens with one attached hydrogen (secondary N) is 1. The number of aromatic hydroxyl groups is 1. The van der Waals surface area contributed by atoms with E-state index in [0.717, 1.165) is 36.0 Å². The van der Waals surface area contributed by atoms with Gasteiger partial charge in [-0.05, 0) is 52.9 Å². The number of carbonyl (C=O) groups excluding carboxylic acids is 2. The lowest BCUT2D eigenvalue weighted by molar-refractivity contribution is -0.140. The van der Waals surface area contributed by atoms with E-state index in [0.29, 0.717) is 10.4 Å². The molecule has 1 aromatic heterocycles. The highest BCUT2D eigenvalue weighted by molar-refractivity contribution is 8.26. The lowest BCUT2D eigenvalue weighted by Crippen LogP contribution is -2.31. The second-order valence-electron chi connectivity index (χ2n) is 8.10. The molecule has 1 aliphatic heterocycles. The number of hydrogen-bond donors (Lipinski definition) is 3. The normalized spacial score (nSPS) is 14.8. The van der Waals surface area contributed by atoms with E-state index < -0.39 is 41.1 Å². The molecule has 0 aliphatic carbocycles. The average Bonchev–Trinajstić information content (AvgIpc) is 3.41. The van der Waals surface area contributed by atoms with Gasteiger partial charge in [0.25, 0.3) is 5.91 Å². The SMILES string of the molecule is O=C(CCN1C(=O)/C(=C/c2cc(-c3ccc(F)c(C(F)(F)F)c3)cs2)SC1=S)Nc1ccc(C(=O)O)c(O)c1. The van der Waals surface area contributed by atoms with Gasteiger partial charge in [0.1, 0.15) is 21.5 Å². The minimum absolute atomic E-state index is 0.0431. The summed E-state index contributed by atoms with van der Waals surface area (Å²) in [6.07, 6.45) is -3.44. The van der Waals surface area contributed by atoms with Gasteiger partial charge in [0.2, 0.25) is 5.91 Å². The number of nitrogens with zero attached hydrogens (tertiary/aromatic N) is 1. The van der Waals surface area contributed by atoms with Crippen molar-refractivity contribution < 1.29 is 42.2 Å². The van der Waals surface area contributed by atoms with Gasteiger partial charge in [0.05, 0.1) is 10.5 Å². The van der Waals surface area contributed by atoms with Gasteiger partial charge in [-0.2, -0.15) is 13.2 Å². The predicted molar refractivity (Wildman–Crippen MR) is 143 cm³/mol. The number of thioether (sulfide) groups is 1. The van der Waals surface area contributed by atoms with Gasteiger partial charge in [-0.1, -0.05) is 30.0 Å². The molecule has 39 heavy (non-hydrogen) atoms. The number of carboxylic acids is 1. The zero-order valence-corrected chi connectivity index (χ0v) is 21.9. The summed E-state index contributed by atoms with van der Waals surface area (Å²) in [4.78, 5) is 38.2. The first kappa shape index (κ1) is 28.3. The van der Waals surface area contributed by atoms with Crippen LogP contribution in [0.2, 0.25) is 0 Å². The maximum Gasteiger partial charge on any atom is 0.419 e. The number of thiocarbonyl (C=S) groups is 1. The maximum absolute atomic E-state index is 13.6. The fourth-order valence-electron chi connectivity index (χ4n) is 3.55. The summed E-state index contributed by atoms with van der Waals surface area (Å²) in [6.45, 7) is -0.0431. The van der Waals surface area contributed by atoms with E-state index in [2.05, 4.69) is 5.32 Å². The highest BCUT2D eigenvalue weighted by atomic mass is 32.2. The Morgan fingerprint density at radius 2 is 1.85 bits per heavy atom. The Morgan fingerprint density at radius 3 is 2.51 bits per heavy atom. The molecule has 0 spiro atoms. The number of thiophene rings is 1. The summed E-state index contributed by atoms with van der Waals surface area (Å²) in [5.41, 5.74) is -0.925. The molecular weight excluding hydrogens is 580 g/mol. The van der Waals surface area contributed by atoms with Crippen LogP contribution in [0.3, 0.4) is 0 Å². The Bertz CT molecular complexity index is 1530. The standard InChI is InChI=1S/C25H16F4N2O5S3/c26-18-4-1-12(8-17(18)25(27,28)29)13-7-15(38-11-13)10-20-22(34)31(24(37)39-20)6-5-21(33)30-14-2-3-16(23(35)36)19(32)9-14/h1-4,7-11,32H,5-6H2,(H,30,33)(H,35,36)/b20-10-. The van der Waals surface area contributed by atoms with Crippen molar-refractivity contribution in [1.29, 1.82) is 0 Å². The third-order valence-electron chi connectivity index (χ3n) is 5.45. The first-order valence-electron chi connectivity index (χ1n) is 10.9. The van der Waals surface area contributed by atoms with Crippen LogP contribution in [0.5, 0.6) is 5.75 Å². The number of aromatic carboxylic acids is 1. The van der Waals surface area contributed by atoms with Crippen molar-refractivity contribution >= 4 is 69.2 Å². The van der Waals surface area contributed by atoms with Crippen molar-refractivity contribution in [3.8, 4) is 16.9 Å².